The van der Waals surface area contributed by atoms with Crippen molar-refractivity contribution < 1.29 is 19.1 Å². The molecule has 6 heteroatoms. The van der Waals surface area contributed by atoms with Crippen LogP contribution in [0.1, 0.15) is 44.3 Å². The summed E-state index contributed by atoms with van der Waals surface area (Å²) in [6.07, 6.45) is 0. The molecule has 1 aromatic rings. The first-order valence-electron chi connectivity index (χ1n) is 6.81. The molecule has 0 spiro atoms. The van der Waals surface area contributed by atoms with Crippen LogP contribution in [0.15, 0.2) is 11.4 Å². The number of carbonyl (C=O) groups excluding carboxylic acids is 2. The summed E-state index contributed by atoms with van der Waals surface area (Å²) in [5, 5.41) is 4.50. The maximum absolute atomic E-state index is 12.3. The van der Waals surface area contributed by atoms with E-state index in [1.165, 1.54) is 18.4 Å². The Morgan fingerprint density at radius 3 is 2.38 bits per heavy atom. The number of nitrogens with one attached hydrogen (secondary N) is 1. The van der Waals surface area contributed by atoms with Gasteiger partial charge in [0, 0.05) is 0 Å². The summed E-state index contributed by atoms with van der Waals surface area (Å²) in [7, 11) is 1.51. The van der Waals surface area contributed by atoms with Crippen molar-refractivity contribution in [1.82, 2.24) is 5.32 Å². The zero-order valence-corrected chi connectivity index (χ0v) is 14.2. The summed E-state index contributed by atoms with van der Waals surface area (Å²) in [6.45, 7) is 9.12. The molecule has 1 N–H and O–H groups in total. The molecule has 0 unspecified atom stereocenters. The molecule has 0 saturated carbocycles. The Balaban J connectivity index is 2.84. The van der Waals surface area contributed by atoms with E-state index < -0.39 is 17.6 Å². The topological polar surface area (TPSA) is 64.6 Å². The predicted molar refractivity (Wildman–Crippen MR) is 82.8 cm³/mol. The van der Waals surface area contributed by atoms with Crippen molar-refractivity contribution in [2.24, 2.45) is 5.92 Å². The van der Waals surface area contributed by atoms with E-state index in [0.29, 0.717) is 10.6 Å². The lowest BCUT2D eigenvalue weighted by Gasteiger charge is -2.26. The van der Waals surface area contributed by atoms with Gasteiger partial charge in [-0.05, 0) is 38.1 Å². The van der Waals surface area contributed by atoms with Crippen LogP contribution >= 0.6 is 11.3 Å². The number of methoxy groups -OCH3 is 1. The average Bonchev–Trinajstić information content (AvgIpc) is 2.81. The van der Waals surface area contributed by atoms with E-state index in [1.54, 1.807) is 32.2 Å². The normalized spacial score (nSPS) is 12.9. The Kier molecular flexibility index (Phi) is 5.78. The molecule has 21 heavy (non-hydrogen) atoms. The van der Waals surface area contributed by atoms with Crippen molar-refractivity contribution in [2.45, 2.75) is 46.3 Å². The summed E-state index contributed by atoms with van der Waals surface area (Å²) in [5.41, 5.74) is -0.588. The van der Waals surface area contributed by atoms with E-state index in [-0.39, 0.29) is 11.8 Å². The highest BCUT2D eigenvalue weighted by molar-refractivity contribution is 7.12. The third-order valence-electron chi connectivity index (χ3n) is 2.67. The fourth-order valence-electron chi connectivity index (χ4n) is 1.69. The molecular formula is C15H23NO4S. The minimum atomic E-state index is -0.691. The molecule has 5 nitrogen and oxygen atoms in total. The average molecular weight is 313 g/mol. The summed E-state index contributed by atoms with van der Waals surface area (Å²) in [5.74, 6) is -0.327. The number of hydrogen-bond acceptors (Lipinski definition) is 5. The molecule has 0 aliphatic heterocycles. The third kappa shape index (κ3) is 5.04. The van der Waals surface area contributed by atoms with Crippen LogP contribution in [0.2, 0.25) is 0 Å². The maximum Gasteiger partial charge on any atom is 0.329 e. The second-order valence-electron chi connectivity index (χ2n) is 6.05. The number of amides is 1. The fourth-order valence-corrected chi connectivity index (χ4v) is 2.45. The molecule has 0 aliphatic rings. The minimum absolute atomic E-state index is 0.0743. The summed E-state index contributed by atoms with van der Waals surface area (Å²) < 4.78 is 10.5. The Bertz CT molecular complexity index is 502. The van der Waals surface area contributed by atoms with Crippen LogP contribution in [0.5, 0.6) is 5.75 Å². The number of carbonyl (C=O) groups is 2. The predicted octanol–water partition coefficient (Wildman–Crippen LogP) is 2.85. The van der Waals surface area contributed by atoms with Crippen LogP contribution in [0.3, 0.4) is 0 Å². The molecular weight excluding hydrogens is 290 g/mol. The van der Waals surface area contributed by atoms with E-state index >= 15 is 0 Å². The second kappa shape index (κ2) is 6.93. The SMILES string of the molecule is COc1ccsc1C(=O)N[C@@H](C(=O)OC(C)(C)C)C(C)C. The number of rotatable bonds is 5. The highest BCUT2D eigenvalue weighted by atomic mass is 32.1. The smallest absolute Gasteiger partial charge is 0.329 e. The molecule has 118 valence electrons. The minimum Gasteiger partial charge on any atom is -0.495 e. The highest BCUT2D eigenvalue weighted by Crippen LogP contribution is 2.24. The Labute approximate surface area is 129 Å². The number of ether oxygens (including phenoxy) is 2. The molecule has 0 aliphatic carbocycles. The van der Waals surface area contributed by atoms with Crippen molar-refractivity contribution in [1.29, 1.82) is 0 Å². The molecule has 0 radical (unpaired) electrons. The largest absolute Gasteiger partial charge is 0.495 e. The quantitative estimate of drug-likeness (QED) is 0.849. The molecule has 0 aromatic carbocycles. The van der Waals surface area contributed by atoms with Gasteiger partial charge in [0.1, 0.15) is 22.3 Å². The zero-order valence-electron chi connectivity index (χ0n) is 13.4. The number of thiophene rings is 1. The lowest BCUT2D eigenvalue weighted by Crippen LogP contribution is -2.47. The van der Waals surface area contributed by atoms with Gasteiger partial charge in [0.15, 0.2) is 0 Å². The molecule has 1 atom stereocenters. The van der Waals surface area contributed by atoms with Gasteiger partial charge in [-0.3, -0.25) is 4.79 Å². The van der Waals surface area contributed by atoms with Gasteiger partial charge in [-0.2, -0.15) is 0 Å². The van der Waals surface area contributed by atoms with Crippen LogP contribution in [0.4, 0.5) is 0 Å². The van der Waals surface area contributed by atoms with Gasteiger partial charge >= 0.3 is 5.97 Å². The van der Waals surface area contributed by atoms with Gasteiger partial charge in [0.2, 0.25) is 0 Å². The monoisotopic (exact) mass is 313 g/mol. The van der Waals surface area contributed by atoms with E-state index in [0.717, 1.165) is 0 Å². The van der Waals surface area contributed by atoms with Gasteiger partial charge in [-0.1, -0.05) is 13.8 Å². The number of hydrogen-bond donors (Lipinski definition) is 1. The summed E-state index contributed by atoms with van der Waals surface area (Å²) in [6, 6.07) is 1.03. The van der Waals surface area contributed by atoms with E-state index in [4.69, 9.17) is 9.47 Å². The fraction of sp³-hybridized carbons (Fsp3) is 0.600. The Morgan fingerprint density at radius 2 is 1.90 bits per heavy atom. The van der Waals surface area contributed by atoms with Crippen molar-refractivity contribution in [3.05, 3.63) is 16.3 Å². The summed E-state index contributed by atoms with van der Waals surface area (Å²) >= 11 is 1.27. The van der Waals surface area contributed by atoms with E-state index in [1.807, 2.05) is 13.8 Å². The molecule has 1 rings (SSSR count). The lowest BCUT2D eigenvalue weighted by molar-refractivity contribution is -0.158. The van der Waals surface area contributed by atoms with Crippen LogP contribution in [-0.4, -0.2) is 30.6 Å². The first-order chi connectivity index (χ1) is 9.65. The van der Waals surface area contributed by atoms with Gasteiger partial charge in [-0.15, -0.1) is 11.3 Å². The lowest BCUT2D eigenvalue weighted by atomic mass is 10.0. The van der Waals surface area contributed by atoms with Crippen molar-refractivity contribution in [3.8, 4) is 5.75 Å². The van der Waals surface area contributed by atoms with Gasteiger partial charge in [0.05, 0.1) is 7.11 Å². The first-order valence-corrected chi connectivity index (χ1v) is 7.69. The molecule has 1 heterocycles. The van der Waals surface area contributed by atoms with E-state index in [9.17, 15) is 9.59 Å². The molecule has 1 amide bonds. The maximum atomic E-state index is 12.3. The Hall–Kier alpha value is -1.56. The summed E-state index contributed by atoms with van der Waals surface area (Å²) in [4.78, 5) is 24.9. The van der Waals surface area contributed by atoms with Crippen LogP contribution in [-0.2, 0) is 9.53 Å². The number of esters is 1. The van der Waals surface area contributed by atoms with Crippen molar-refractivity contribution in [3.63, 3.8) is 0 Å². The second-order valence-corrected chi connectivity index (χ2v) is 6.96. The highest BCUT2D eigenvalue weighted by Gasteiger charge is 2.30. The Morgan fingerprint density at radius 1 is 1.29 bits per heavy atom. The first kappa shape index (κ1) is 17.5. The molecule has 0 fully saturated rings. The van der Waals surface area contributed by atoms with Gasteiger partial charge in [-0.25, -0.2) is 4.79 Å². The van der Waals surface area contributed by atoms with Crippen LogP contribution in [0.25, 0.3) is 0 Å². The van der Waals surface area contributed by atoms with E-state index in [2.05, 4.69) is 5.32 Å². The van der Waals surface area contributed by atoms with Crippen molar-refractivity contribution in [2.75, 3.05) is 7.11 Å². The van der Waals surface area contributed by atoms with Gasteiger partial charge in [0.25, 0.3) is 5.91 Å². The van der Waals surface area contributed by atoms with Crippen molar-refractivity contribution >= 4 is 23.2 Å². The zero-order chi connectivity index (χ0) is 16.2. The van der Waals surface area contributed by atoms with Crippen LogP contribution < -0.4 is 10.1 Å². The molecule has 1 aromatic heterocycles. The van der Waals surface area contributed by atoms with Gasteiger partial charge < -0.3 is 14.8 Å². The molecule has 0 saturated heterocycles. The van der Waals surface area contributed by atoms with Crippen LogP contribution in [0, 0.1) is 5.92 Å². The standard InChI is InChI=1S/C15H23NO4S/c1-9(2)11(14(18)20-15(3,4)5)16-13(17)12-10(19-6)7-8-21-12/h7-9,11H,1-6H3,(H,16,17)/t11-/m1/s1. The third-order valence-corrected chi connectivity index (χ3v) is 3.56. The molecule has 0 bridgehead atoms.